The first-order chi connectivity index (χ1) is 4.48. The highest BCUT2D eigenvalue weighted by atomic mass is 32.2. The van der Waals surface area contributed by atoms with Crippen molar-refractivity contribution in [2.75, 3.05) is 5.75 Å². The van der Waals surface area contributed by atoms with Gasteiger partial charge in [-0.25, -0.2) is 17.2 Å². The number of aliphatic hydroxyl groups excluding tert-OH is 1. The Kier molecular flexibility index (Phi) is 3.73. The number of thiol groups is 1. The van der Waals surface area contributed by atoms with Crippen LogP contribution >= 0.6 is 0 Å². The van der Waals surface area contributed by atoms with Gasteiger partial charge in [0.2, 0.25) is 0 Å². The fraction of sp³-hybridized carbons (Fsp3) is 0.750. The molecule has 6 heteroatoms. The molecule has 0 heterocycles. The van der Waals surface area contributed by atoms with Gasteiger partial charge in [0.05, 0.1) is 5.75 Å². The van der Waals surface area contributed by atoms with Crippen LogP contribution in [0.3, 0.4) is 0 Å². The first-order valence-corrected chi connectivity index (χ1v) is 3.82. The largest absolute Gasteiger partial charge is 0.384 e. The lowest BCUT2D eigenvalue weighted by Crippen LogP contribution is -2.18. The van der Waals surface area contributed by atoms with Crippen LogP contribution in [0, 0.1) is 6.61 Å². The monoisotopic (exact) mass is 173 g/mol. The van der Waals surface area contributed by atoms with E-state index >= 15 is 0 Å². The fourth-order valence-electron chi connectivity index (χ4n) is 0.305. The van der Waals surface area contributed by atoms with E-state index in [-0.39, 0.29) is 6.61 Å². The zero-order chi connectivity index (χ0) is 8.20. The molecule has 61 valence electrons. The van der Waals surface area contributed by atoms with Crippen LogP contribution < -0.4 is 0 Å². The van der Waals surface area contributed by atoms with Crippen molar-refractivity contribution in [3.8, 4) is 0 Å². The summed E-state index contributed by atoms with van der Waals surface area (Å²) in [5.74, 6) is -3.99. The van der Waals surface area contributed by atoms with Gasteiger partial charge in [-0.1, -0.05) is 0 Å². The third-order valence-corrected chi connectivity index (χ3v) is 1.41. The molecule has 0 fully saturated rings. The minimum atomic E-state index is -3.38. The topological polar surface area (TPSA) is 54.4 Å². The van der Waals surface area contributed by atoms with Gasteiger partial charge in [-0.15, -0.1) is 0 Å². The lowest BCUT2D eigenvalue weighted by molar-refractivity contribution is -0.0103. The van der Waals surface area contributed by atoms with Crippen molar-refractivity contribution in [1.29, 1.82) is 0 Å². The molecular weight excluding hydrogens is 166 g/mol. The quantitative estimate of drug-likeness (QED) is 0.595. The predicted molar refractivity (Wildman–Crippen MR) is 31.0 cm³/mol. The molecule has 0 amide bonds. The Balaban J connectivity index is 3.67. The first kappa shape index (κ1) is 9.77. The van der Waals surface area contributed by atoms with Crippen molar-refractivity contribution < 1.29 is 22.3 Å². The second-order valence-electron chi connectivity index (χ2n) is 1.70. The minimum absolute atomic E-state index is 0.300. The Morgan fingerprint density at radius 1 is 1.50 bits per heavy atom. The maximum absolute atomic E-state index is 11.9. The Morgan fingerprint density at radius 2 is 2.00 bits per heavy atom. The number of alkyl halides is 2. The molecular formula is C4H7F2O3S. The van der Waals surface area contributed by atoms with E-state index in [1.807, 2.05) is 0 Å². The number of aliphatic hydroxyl groups is 1. The second kappa shape index (κ2) is 3.82. The van der Waals surface area contributed by atoms with Gasteiger partial charge >= 0.3 is 0 Å². The van der Waals surface area contributed by atoms with Crippen molar-refractivity contribution in [3.63, 3.8) is 0 Å². The van der Waals surface area contributed by atoms with Gasteiger partial charge < -0.3 is 5.11 Å². The van der Waals surface area contributed by atoms with Crippen LogP contribution in [0.25, 0.3) is 0 Å². The SMILES string of the molecule is O=[SH](=O)CCC(F)(F)[CH]O. The third-order valence-electron chi connectivity index (χ3n) is 0.817. The molecule has 1 radical (unpaired) electrons. The molecule has 0 spiro atoms. The van der Waals surface area contributed by atoms with Crippen LogP contribution in [-0.4, -0.2) is 25.2 Å². The Bertz CT molecular complexity index is 158. The maximum Gasteiger partial charge on any atom is 0.277 e. The molecule has 0 aromatic carbocycles. The van der Waals surface area contributed by atoms with Crippen LogP contribution in [0.5, 0.6) is 0 Å². The molecule has 1 N–H and O–H groups in total. The minimum Gasteiger partial charge on any atom is -0.384 e. The molecule has 0 unspecified atom stereocenters. The molecule has 10 heavy (non-hydrogen) atoms. The summed E-state index contributed by atoms with van der Waals surface area (Å²) in [5.41, 5.74) is 0. The van der Waals surface area contributed by atoms with E-state index in [0.29, 0.717) is 0 Å². The summed E-state index contributed by atoms with van der Waals surface area (Å²) in [6.07, 6.45) is -0.859. The summed E-state index contributed by atoms with van der Waals surface area (Å²) in [5, 5.41) is 7.84. The molecule has 0 aliphatic carbocycles. The van der Waals surface area contributed by atoms with E-state index in [1.165, 1.54) is 0 Å². The van der Waals surface area contributed by atoms with Gasteiger partial charge in [-0.2, -0.15) is 0 Å². The van der Waals surface area contributed by atoms with Crippen molar-refractivity contribution in [2.45, 2.75) is 12.3 Å². The van der Waals surface area contributed by atoms with Gasteiger partial charge in [-0.3, -0.25) is 0 Å². The van der Waals surface area contributed by atoms with Crippen LogP contribution in [0.1, 0.15) is 6.42 Å². The molecule has 0 aromatic heterocycles. The number of halogens is 2. The molecule has 0 saturated carbocycles. The number of hydrogen-bond acceptors (Lipinski definition) is 3. The highest BCUT2D eigenvalue weighted by Gasteiger charge is 2.27. The van der Waals surface area contributed by atoms with E-state index in [4.69, 9.17) is 5.11 Å². The Morgan fingerprint density at radius 3 is 2.30 bits per heavy atom. The highest BCUT2D eigenvalue weighted by Crippen LogP contribution is 2.19. The first-order valence-electron chi connectivity index (χ1n) is 2.46. The predicted octanol–water partition coefficient (Wildman–Crippen LogP) is 0.157. The zero-order valence-corrected chi connectivity index (χ0v) is 5.85. The summed E-state index contributed by atoms with van der Waals surface area (Å²) in [7, 11) is -2.78. The molecule has 0 aromatic rings. The molecule has 0 aliphatic rings. The van der Waals surface area contributed by atoms with Crippen LogP contribution in [0.4, 0.5) is 8.78 Å². The van der Waals surface area contributed by atoms with Crippen molar-refractivity contribution in [3.05, 3.63) is 6.61 Å². The van der Waals surface area contributed by atoms with Gasteiger partial charge in [-0.05, 0) is 0 Å². The standard InChI is InChI=1S/C4H7F2O3S/c5-4(6,3-7)1-2-10(8)9/h3,7,10H,1-2H2. The highest BCUT2D eigenvalue weighted by molar-refractivity contribution is 7.72. The van der Waals surface area contributed by atoms with E-state index in [1.54, 1.807) is 0 Å². The van der Waals surface area contributed by atoms with E-state index in [2.05, 4.69) is 0 Å². The molecule has 0 rings (SSSR count). The lowest BCUT2D eigenvalue weighted by Gasteiger charge is -2.08. The van der Waals surface area contributed by atoms with E-state index in [9.17, 15) is 17.2 Å². The molecule has 0 saturated heterocycles. The van der Waals surface area contributed by atoms with Gasteiger partial charge in [0.25, 0.3) is 5.92 Å². The van der Waals surface area contributed by atoms with Crippen molar-refractivity contribution in [2.24, 2.45) is 0 Å². The number of hydrogen-bond donors (Lipinski definition) is 2. The average Bonchev–Trinajstić information content (AvgIpc) is 1.85. The maximum atomic E-state index is 11.9. The number of rotatable bonds is 4. The normalized spacial score (nSPS) is 12.4. The van der Waals surface area contributed by atoms with Crippen LogP contribution in [0.2, 0.25) is 0 Å². The summed E-state index contributed by atoms with van der Waals surface area (Å²) >= 11 is 0. The van der Waals surface area contributed by atoms with Crippen LogP contribution in [0.15, 0.2) is 0 Å². The molecule has 0 atom stereocenters. The van der Waals surface area contributed by atoms with E-state index < -0.39 is 28.8 Å². The Labute approximate surface area is 58.6 Å². The van der Waals surface area contributed by atoms with Gasteiger partial charge in [0, 0.05) is 6.42 Å². The van der Waals surface area contributed by atoms with Crippen molar-refractivity contribution >= 4 is 10.7 Å². The van der Waals surface area contributed by atoms with E-state index in [0.717, 1.165) is 0 Å². The summed E-state index contributed by atoms with van der Waals surface area (Å²) < 4.78 is 43.4. The summed E-state index contributed by atoms with van der Waals surface area (Å²) in [6.45, 7) is -0.300. The third kappa shape index (κ3) is 4.63. The average molecular weight is 173 g/mol. The Hall–Kier alpha value is -0.230. The van der Waals surface area contributed by atoms with Crippen molar-refractivity contribution in [1.82, 2.24) is 0 Å². The van der Waals surface area contributed by atoms with Crippen LogP contribution in [-0.2, 0) is 10.7 Å². The lowest BCUT2D eigenvalue weighted by atomic mass is 10.3. The van der Waals surface area contributed by atoms with Gasteiger partial charge in [0.15, 0.2) is 0 Å². The zero-order valence-electron chi connectivity index (χ0n) is 4.96. The second-order valence-corrected chi connectivity index (χ2v) is 2.81. The summed E-state index contributed by atoms with van der Waals surface area (Å²) in [4.78, 5) is 0. The summed E-state index contributed by atoms with van der Waals surface area (Å²) in [6, 6.07) is 0. The molecule has 0 bridgehead atoms. The molecule has 0 aliphatic heterocycles. The molecule has 3 nitrogen and oxygen atoms in total. The fourth-order valence-corrected chi connectivity index (χ4v) is 0.786. The smallest absolute Gasteiger partial charge is 0.277 e. The van der Waals surface area contributed by atoms with Gasteiger partial charge in [0.1, 0.15) is 17.3 Å².